The number of nitrogens with zero attached hydrogens (tertiary/aromatic N) is 1. The molecule has 0 spiro atoms. The zero-order valence-electron chi connectivity index (χ0n) is 7.18. The highest BCUT2D eigenvalue weighted by Crippen LogP contribution is 2.04. The summed E-state index contributed by atoms with van der Waals surface area (Å²) in [4.78, 5) is 2.45. The Hall–Kier alpha value is -0.120. The van der Waals surface area contributed by atoms with Crippen LogP contribution in [0.3, 0.4) is 0 Å². The predicted molar refractivity (Wildman–Crippen MR) is 47.3 cm³/mol. The largest absolute Gasteiger partial charge is 0.330 e. The zero-order valence-corrected chi connectivity index (χ0v) is 7.18. The number of nitrogens with one attached hydrogen (secondary N) is 1. The molecule has 3 N–H and O–H groups in total. The number of hydrogen-bond donors (Lipinski definition) is 2. The van der Waals surface area contributed by atoms with Gasteiger partial charge < -0.3 is 11.1 Å². The van der Waals surface area contributed by atoms with E-state index >= 15 is 0 Å². The van der Waals surface area contributed by atoms with Gasteiger partial charge in [-0.1, -0.05) is 0 Å². The summed E-state index contributed by atoms with van der Waals surface area (Å²) < 4.78 is 0. The fraction of sp³-hybridized carbons (Fsp3) is 1.00. The minimum absolute atomic E-state index is 0.799. The van der Waals surface area contributed by atoms with Gasteiger partial charge in [-0.3, -0.25) is 4.90 Å². The Morgan fingerprint density at radius 2 is 2.00 bits per heavy atom. The molecule has 0 amide bonds. The molecule has 66 valence electrons. The lowest BCUT2D eigenvalue weighted by atomic mass is 10.4. The van der Waals surface area contributed by atoms with E-state index in [0.29, 0.717) is 0 Å². The van der Waals surface area contributed by atoms with Crippen molar-refractivity contribution < 1.29 is 0 Å². The highest BCUT2D eigenvalue weighted by molar-refractivity contribution is 4.64. The average molecular weight is 157 g/mol. The lowest BCUT2D eigenvalue weighted by Crippen LogP contribution is -2.32. The van der Waals surface area contributed by atoms with Gasteiger partial charge in [-0.25, -0.2) is 0 Å². The Morgan fingerprint density at radius 1 is 1.27 bits per heavy atom. The van der Waals surface area contributed by atoms with Crippen LogP contribution >= 0.6 is 0 Å². The van der Waals surface area contributed by atoms with E-state index in [2.05, 4.69) is 10.2 Å². The maximum atomic E-state index is 5.37. The van der Waals surface area contributed by atoms with Crippen molar-refractivity contribution in [2.75, 3.05) is 32.8 Å². The van der Waals surface area contributed by atoms with Crippen LogP contribution in [-0.4, -0.2) is 37.7 Å². The minimum atomic E-state index is 0.799. The molecule has 0 aromatic heterocycles. The van der Waals surface area contributed by atoms with E-state index in [1.165, 1.54) is 25.9 Å². The maximum absolute atomic E-state index is 5.37. The topological polar surface area (TPSA) is 41.3 Å². The van der Waals surface area contributed by atoms with Crippen molar-refractivity contribution in [3.8, 4) is 0 Å². The van der Waals surface area contributed by atoms with E-state index < -0.39 is 0 Å². The summed E-state index contributed by atoms with van der Waals surface area (Å²) in [6.45, 7) is 5.46. The quantitative estimate of drug-likeness (QED) is 0.551. The van der Waals surface area contributed by atoms with Gasteiger partial charge in [0.25, 0.3) is 0 Å². The van der Waals surface area contributed by atoms with Crippen molar-refractivity contribution >= 4 is 0 Å². The van der Waals surface area contributed by atoms with Crippen LogP contribution < -0.4 is 11.1 Å². The molecule has 0 atom stereocenters. The molecular formula is C8H19N3. The van der Waals surface area contributed by atoms with E-state index in [1.54, 1.807) is 0 Å². The third-order valence-electron chi connectivity index (χ3n) is 2.09. The fourth-order valence-corrected chi connectivity index (χ4v) is 1.40. The summed E-state index contributed by atoms with van der Waals surface area (Å²) in [7, 11) is 0. The van der Waals surface area contributed by atoms with Crippen LogP contribution in [0, 0.1) is 0 Å². The molecule has 0 unspecified atom stereocenters. The maximum Gasteiger partial charge on any atom is 0.0480 e. The third kappa shape index (κ3) is 3.70. The second-order valence-electron chi connectivity index (χ2n) is 3.13. The molecule has 3 nitrogen and oxygen atoms in total. The third-order valence-corrected chi connectivity index (χ3v) is 2.09. The molecule has 1 fully saturated rings. The number of hydrogen-bond acceptors (Lipinski definition) is 3. The van der Waals surface area contributed by atoms with Crippen molar-refractivity contribution in [2.45, 2.75) is 19.3 Å². The molecule has 1 aliphatic rings. The van der Waals surface area contributed by atoms with Gasteiger partial charge in [0.15, 0.2) is 0 Å². The zero-order chi connectivity index (χ0) is 7.94. The smallest absolute Gasteiger partial charge is 0.0480 e. The van der Waals surface area contributed by atoms with Crippen LogP contribution in [0.4, 0.5) is 0 Å². The van der Waals surface area contributed by atoms with Gasteiger partial charge in [0.05, 0.1) is 0 Å². The Morgan fingerprint density at radius 3 is 2.64 bits per heavy atom. The molecule has 1 aliphatic heterocycles. The van der Waals surface area contributed by atoms with Gasteiger partial charge in [-0.2, -0.15) is 0 Å². The standard InChI is InChI=1S/C8H19N3/c9-4-3-5-10-8-11-6-1-2-7-11/h10H,1-9H2. The van der Waals surface area contributed by atoms with Gasteiger partial charge >= 0.3 is 0 Å². The van der Waals surface area contributed by atoms with Gasteiger partial charge in [0, 0.05) is 6.67 Å². The average Bonchev–Trinajstić information content (AvgIpc) is 2.50. The highest BCUT2D eigenvalue weighted by Gasteiger charge is 2.09. The summed E-state index contributed by atoms with van der Waals surface area (Å²) in [5.74, 6) is 0. The summed E-state index contributed by atoms with van der Waals surface area (Å²) >= 11 is 0. The van der Waals surface area contributed by atoms with Crippen LogP contribution in [-0.2, 0) is 0 Å². The van der Waals surface area contributed by atoms with Crippen LogP contribution in [0.1, 0.15) is 19.3 Å². The predicted octanol–water partition coefficient (Wildman–Crippen LogP) is -0.0219. The summed E-state index contributed by atoms with van der Waals surface area (Å²) in [6.07, 6.45) is 3.84. The van der Waals surface area contributed by atoms with Crippen molar-refractivity contribution in [1.29, 1.82) is 0 Å². The molecule has 0 aliphatic carbocycles. The highest BCUT2D eigenvalue weighted by atomic mass is 15.2. The Kier molecular flexibility index (Phi) is 4.50. The molecule has 1 rings (SSSR count). The first-order valence-corrected chi connectivity index (χ1v) is 4.56. The van der Waals surface area contributed by atoms with Crippen LogP contribution in [0.25, 0.3) is 0 Å². The van der Waals surface area contributed by atoms with Gasteiger partial charge in [0.1, 0.15) is 0 Å². The van der Waals surface area contributed by atoms with Crippen LogP contribution in [0.2, 0.25) is 0 Å². The van der Waals surface area contributed by atoms with E-state index in [4.69, 9.17) is 5.73 Å². The minimum Gasteiger partial charge on any atom is -0.330 e. The molecule has 0 saturated carbocycles. The van der Waals surface area contributed by atoms with Crippen molar-refractivity contribution in [2.24, 2.45) is 5.73 Å². The summed E-state index contributed by atoms with van der Waals surface area (Å²) in [6, 6.07) is 0. The number of nitrogens with two attached hydrogens (primary N) is 1. The Labute approximate surface area is 68.9 Å². The van der Waals surface area contributed by atoms with Crippen LogP contribution in [0.15, 0.2) is 0 Å². The molecular weight excluding hydrogens is 138 g/mol. The van der Waals surface area contributed by atoms with Gasteiger partial charge in [-0.15, -0.1) is 0 Å². The molecule has 1 saturated heterocycles. The SMILES string of the molecule is NCCCNCN1CCCC1. The molecule has 1 heterocycles. The van der Waals surface area contributed by atoms with Crippen molar-refractivity contribution in [3.63, 3.8) is 0 Å². The number of likely N-dealkylation sites (tertiary alicyclic amines) is 1. The van der Waals surface area contributed by atoms with E-state index in [-0.39, 0.29) is 0 Å². The molecule has 0 aromatic carbocycles. The Balaban J connectivity index is 1.86. The van der Waals surface area contributed by atoms with E-state index in [9.17, 15) is 0 Å². The molecule has 0 bridgehead atoms. The molecule has 11 heavy (non-hydrogen) atoms. The van der Waals surface area contributed by atoms with E-state index in [1.807, 2.05) is 0 Å². The molecule has 3 heteroatoms. The lowest BCUT2D eigenvalue weighted by Gasteiger charge is -2.14. The van der Waals surface area contributed by atoms with Gasteiger partial charge in [-0.05, 0) is 45.4 Å². The first-order chi connectivity index (χ1) is 5.43. The second-order valence-corrected chi connectivity index (χ2v) is 3.13. The number of rotatable bonds is 5. The summed E-state index contributed by atoms with van der Waals surface area (Å²) in [5, 5.41) is 3.37. The fourth-order valence-electron chi connectivity index (χ4n) is 1.40. The second kappa shape index (κ2) is 5.52. The van der Waals surface area contributed by atoms with Gasteiger partial charge in [0.2, 0.25) is 0 Å². The first kappa shape index (κ1) is 8.97. The Bertz CT molecular complexity index is 89.3. The monoisotopic (exact) mass is 157 g/mol. The van der Waals surface area contributed by atoms with Crippen LogP contribution in [0.5, 0.6) is 0 Å². The van der Waals surface area contributed by atoms with Crippen molar-refractivity contribution in [3.05, 3.63) is 0 Å². The molecule has 0 aromatic rings. The molecule has 0 radical (unpaired) electrons. The summed E-state index contributed by atoms with van der Waals surface area (Å²) in [5.41, 5.74) is 5.37. The lowest BCUT2D eigenvalue weighted by molar-refractivity contribution is 0.309. The first-order valence-electron chi connectivity index (χ1n) is 4.56. The van der Waals surface area contributed by atoms with Crippen molar-refractivity contribution in [1.82, 2.24) is 10.2 Å². The normalized spacial score (nSPS) is 19.4. The van der Waals surface area contributed by atoms with E-state index in [0.717, 1.165) is 26.2 Å².